The first kappa shape index (κ1) is 19.8. The highest BCUT2D eigenvalue weighted by atomic mass is 28.4. The highest BCUT2D eigenvalue weighted by Crippen LogP contribution is 2.38. The monoisotopic (exact) mass is 384 g/mol. The van der Waals surface area contributed by atoms with Gasteiger partial charge in [0, 0.05) is 6.42 Å². The van der Waals surface area contributed by atoms with Crippen molar-refractivity contribution in [2.45, 2.75) is 50.9 Å². The second-order valence-corrected chi connectivity index (χ2v) is 12.4. The summed E-state index contributed by atoms with van der Waals surface area (Å²) in [6, 6.07) is 20.7. The first-order chi connectivity index (χ1) is 12.9. The minimum atomic E-state index is -2.70. The Morgan fingerprint density at radius 2 is 1.56 bits per heavy atom. The van der Waals surface area contributed by atoms with Gasteiger partial charge in [-0.3, -0.25) is 4.79 Å². The van der Waals surface area contributed by atoms with Gasteiger partial charge in [-0.25, -0.2) is 0 Å². The topological polar surface area (TPSA) is 55.8 Å². The van der Waals surface area contributed by atoms with E-state index in [-0.39, 0.29) is 30.1 Å². The summed E-state index contributed by atoms with van der Waals surface area (Å²) in [5.41, 5.74) is 0. The summed E-state index contributed by atoms with van der Waals surface area (Å²) in [4.78, 5) is 12.1. The molecule has 0 bridgehead atoms. The number of benzene rings is 2. The van der Waals surface area contributed by atoms with E-state index in [9.17, 15) is 9.90 Å². The lowest BCUT2D eigenvalue weighted by Gasteiger charge is -2.46. The molecule has 27 heavy (non-hydrogen) atoms. The zero-order valence-corrected chi connectivity index (χ0v) is 17.2. The molecule has 144 valence electrons. The van der Waals surface area contributed by atoms with Crippen LogP contribution in [0.1, 0.15) is 33.6 Å². The van der Waals surface area contributed by atoms with Crippen LogP contribution in [0.2, 0.25) is 5.04 Å². The molecule has 0 aromatic heterocycles. The van der Waals surface area contributed by atoms with E-state index in [1.807, 2.05) is 36.4 Å². The highest BCUT2D eigenvalue weighted by Gasteiger charge is 2.52. The van der Waals surface area contributed by atoms with Crippen LogP contribution in [0.5, 0.6) is 0 Å². The van der Waals surface area contributed by atoms with Crippen LogP contribution in [0.25, 0.3) is 0 Å². The molecule has 2 aromatic rings. The molecule has 3 rings (SSSR count). The number of aliphatic hydroxyl groups excluding tert-OH is 1. The second-order valence-electron chi connectivity index (χ2n) is 8.14. The maximum Gasteiger partial charge on any atom is 0.308 e. The zero-order chi connectivity index (χ0) is 19.5. The molecular formula is C22H28O4Si. The number of cyclic esters (lactones) is 1. The molecule has 2 atom stereocenters. The Bertz CT molecular complexity index is 715. The standard InChI is InChI=1S/C22H28O4Si/c1-22(2,3)27(19-10-6-4-7-11-19,20-12-8-5-9-13-20)26-17-14-18(16-23)25-21(24)15-17/h4-13,17-18,23H,14-16H2,1-3H3/t17-,18-/m0/s1. The van der Waals surface area contributed by atoms with Gasteiger partial charge in [0.25, 0.3) is 8.32 Å². The van der Waals surface area contributed by atoms with Crippen LogP contribution >= 0.6 is 0 Å². The van der Waals surface area contributed by atoms with Crippen LogP contribution in [0, 0.1) is 0 Å². The smallest absolute Gasteiger partial charge is 0.308 e. The molecular weight excluding hydrogens is 356 g/mol. The lowest BCUT2D eigenvalue weighted by atomic mass is 10.1. The molecule has 0 spiro atoms. The van der Waals surface area contributed by atoms with Crippen molar-refractivity contribution in [3.05, 3.63) is 60.7 Å². The highest BCUT2D eigenvalue weighted by molar-refractivity contribution is 6.99. The van der Waals surface area contributed by atoms with Crippen LogP contribution in [-0.2, 0) is 14.0 Å². The van der Waals surface area contributed by atoms with Crippen molar-refractivity contribution >= 4 is 24.7 Å². The molecule has 1 N–H and O–H groups in total. The van der Waals surface area contributed by atoms with Crippen LogP contribution in [0.4, 0.5) is 0 Å². The summed E-state index contributed by atoms with van der Waals surface area (Å²) in [6.45, 7) is 6.46. The van der Waals surface area contributed by atoms with Gasteiger partial charge in [-0.1, -0.05) is 81.4 Å². The number of carbonyl (C=O) groups excluding carboxylic acids is 1. The number of ether oxygens (including phenoxy) is 1. The summed E-state index contributed by atoms with van der Waals surface area (Å²) in [6.07, 6.45) is -0.0162. The largest absolute Gasteiger partial charge is 0.460 e. The number of esters is 1. The summed E-state index contributed by atoms with van der Waals surface area (Å²) in [7, 11) is -2.70. The molecule has 1 heterocycles. The average molecular weight is 385 g/mol. The lowest BCUT2D eigenvalue weighted by Crippen LogP contribution is -2.68. The summed E-state index contributed by atoms with van der Waals surface area (Å²) >= 11 is 0. The lowest BCUT2D eigenvalue weighted by molar-refractivity contribution is -0.161. The van der Waals surface area contributed by atoms with Gasteiger partial charge >= 0.3 is 5.97 Å². The minimum absolute atomic E-state index is 0.147. The molecule has 0 unspecified atom stereocenters. The number of rotatable bonds is 5. The summed E-state index contributed by atoms with van der Waals surface area (Å²) in [5.74, 6) is -0.303. The van der Waals surface area contributed by atoms with E-state index in [4.69, 9.17) is 9.16 Å². The molecule has 2 aromatic carbocycles. The fraction of sp³-hybridized carbons (Fsp3) is 0.409. The van der Waals surface area contributed by atoms with E-state index >= 15 is 0 Å². The minimum Gasteiger partial charge on any atom is -0.460 e. The third-order valence-electron chi connectivity index (χ3n) is 5.18. The van der Waals surface area contributed by atoms with Crippen molar-refractivity contribution in [3.63, 3.8) is 0 Å². The van der Waals surface area contributed by atoms with E-state index < -0.39 is 14.4 Å². The van der Waals surface area contributed by atoms with Crippen molar-refractivity contribution in [2.75, 3.05) is 6.61 Å². The maximum absolute atomic E-state index is 12.1. The van der Waals surface area contributed by atoms with Crippen molar-refractivity contribution in [3.8, 4) is 0 Å². The van der Waals surface area contributed by atoms with Gasteiger partial charge in [0.2, 0.25) is 0 Å². The fourth-order valence-electron chi connectivity index (χ4n) is 3.99. The summed E-state index contributed by atoms with van der Waals surface area (Å²) < 4.78 is 12.2. The van der Waals surface area contributed by atoms with Crippen LogP contribution in [-0.4, -0.2) is 38.2 Å². The van der Waals surface area contributed by atoms with E-state index in [2.05, 4.69) is 45.0 Å². The zero-order valence-electron chi connectivity index (χ0n) is 16.2. The normalized spacial score (nSPS) is 21.0. The number of aliphatic hydroxyl groups is 1. The van der Waals surface area contributed by atoms with Gasteiger partial charge in [0.1, 0.15) is 6.10 Å². The first-order valence-corrected chi connectivity index (χ1v) is 11.4. The van der Waals surface area contributed by atoms with Gasteiger partial charge in [0.15, 0.2) is 0 Å². The molecule has 1 saturated heterocycles. The van der Waals surface area contributed by atoms with Crippen LogP contribution < -0.4 is 10.4 Å². The SMILES string of the molecule is CC(C)(C)[Si](O[C@@H]1CC(=O)O[C@H](CO)C1)(c1ccccc1)c1ccccc1. The Kier molecular flexibility index (Phi) is 5.84. The van der Waals surface area contributed by atoms with Gasteiger partial charge < -0.3 is 14.3 Å². The van der Waals surface area contributed by atoms with Gasteiger partial charge in [0.05, 0.1) is 19.1 Å². The van der Waals surface area contributed by atoms with Crippen LogP contribution in [0.3, 0.4) is 0 Å². The fourth-order valence-corrected chi connectivity index (χ4v) is 8.68. The average Bonchev–Trinajstić information content (AvgIpc) is 2.66. The predicted octanol–water partition coefficient (Wildman–Crippen LogP) is 2.63. The van der Waals surface area contributed by atoms with Crippen molar-refractivity contribution in [1.29, 1.82) is 0 Å². The molecule has 5 heteroatoms. The Labute approximate surface area is 162 Å². The third kappa shape index (κ3) is 4.00. The molecule has 1 aliphatic heterocycles. The van der Waals surface area contributed by atoms with Gasteiger partial charge in [-0.05, 0) is 15.4 Å². The maximum atomic E-state index is 12.1. The van der Waals surface area contributed by atoms with Crippen LogP contribution in [0.15, 0.2) is 60.7 Å². The molecule has 4 nitrogen and oxygen atoms in total. The van der Waals surface area contributed by atoms with E-state index in [0.29, 0.717) is 6.42 Å². The Morgan fingerprint density at radius 1 is 1.04 bits per heavy atom. The first-order valence-electron chi connectivity index (χ1n) is 9.46. The Balaban J connectivity index is 2.11. The Morgan fingerprint density at radius 3 is 2.00 bits per heavy atom. The molecule has 1 aliphatic rings. The molecule has 0 radical (unpaired) electrons. The van der Waals surface area contributed by atoms with E-state index in [1.54, 1.807) is 0 Å². The van der Waals surface area contributed by atoms with Crippen molar-refractivity contribution in [2.24, 2.45) is 0 Å². The van der Waals surface area contributed by atoms with Crippen molar-refractivity contribution in [1.82, 2.24) is 0 Å². The summed E-state index contributed by atoms with van der Waals surface area (Å²) in [5, 5.41) is 11.7. The molecule has 0 amide bonds. The number of hydrogen-bond acceptors (Lipinski definition) is 4. The Hall–Kier alpha value is -1.95. The number of hydrogen-bond donors (Lipinski definition) is 1. The molecule has 0 saturated carbocycles. The van der Waals surface area contributed by atoms with Gasteiger partial charge in [-0.2, -0.15) is 0 Å². The van der Waals surface area contributed by atoms with E-state index in [0.717, 1.165) is 0 Å². The third-order valence-corrected chi connectivity index (χ3v) is 10.3. The predicted molar refractivity (Wildman–Crippen MR) is 109 cm³/mol. The quantitative estimate of drug-likeness (QED) is 0.636. The van der Waals surface area contributed by atoms with E-state index in [1.165, 1.54) is 10.4 Å². The number of carbonyl (C=O) groups is 1. The van der Waals surface area contributed by atoms with Crippen molar-refractivity contribution < 1.29 is 19.1 Å². The second kappa shape index (κ2) is 7.96. The molecule has 0 aliphatic carbocycles. The molecule has 1 fully saturated rings. The van der Waals surface area contributed by atoms with Gasteiger partial charge in [-0.15, -0.1) is 0 Å².